The molecular formula is C7H11N. The Balaban J connectivity index is 2.63. The Kier molecular flexibility index (Phi) is 1.49. The Morgan fingerprint density at radius 3 is 2.88 bits per heavy atom. The lowest BCUT2D eigenvalue weighted by atomic mass is 10.1. The van der Waals surface area contributed by atoms with E-state index in [1.165, 1.54) is 5.57 Å². The van der Waals surface area contributed by atoms with Gasteiger partial charge in [0.05, 0.1) is 0 Å². The van der Waals surface area contributed by atoms with Crippen LogP contribution in [0.1, 0.15) is 13.3 Å². The second kappa shape index (κ2) is 2.14. The van der Waals surface area contributed by atoms with Crippen molar-refractivity contribution < 1.29 is 0 Å². The molecule has 2 N–H and O–H groups in total. The van der Waals surface area contributed by atoms with Crippen molar-refractivity contribution in [2.75, 3.05) is 0 Å². The maximum atomic E-state index is 5.60. The average Bonchev–Trinajstić information content (AvgIpc) is 1.64. The summed E-state index contributed by atoms with van der Waals surface area (Å²) in [6.07, 6.45) is 7.29. The van der Waals surface area contributed by atoms with Gasteiger partial charge in [-0.05, 0) is 13.3 Å². The Morgan fingerprint density at radius 1 is 1.75 bits per heavy atom. The molecule has 0 heterocycles. The minimum absolute atomic E-state index is 0.264. The molecule has 0 aromatic rings. The number of hydrogen-bond acceptors (Lipinski definition) is 1. The number of allylic oxidation sites excluding steroid dienone is 2. The van der Waals surface area contributed by atoms with Gasteiger partial charge in [0.25, 0.3) is 0 Å². The highest BCUT2D eigenvalue weighted by Crippen LogP contribution is 2.06. The van der Waals surface area contributed by atoms with Gasteiger partial charge in [0.1, 0.15) is 0 Å². The van der Waals surface area contributed by atoms with Crippen LogP contribution in [-0.2, 0) is 0 Å². The molecule has 0 saturated carbocycles. The molecule has 0 radical (unpaired) electrons. The molecular weight excluding hydrogens is 98.1 g/mol. The quantitative estimate of drug-likeness (QED) is 0.497. The standard InChI is InChI=1S/C7H11N/c1-6-3-2-4-7(8)5-6/h2-3,5,7H,4,8H2,1H3/t7-/m1/s1. The summed E-state index contributed by atoms with van der Waals surface area (Å²) >= 11 is 0. The fourth-order valence-electron chi connectivity index (χ4n) is 0.872. The van der Waals surface area contributed by atoms with Crippen LogP contribution in [0.4, 0.5) is 0 Å². The molecule has 0 unspecified atom stereocenters. The van der Waals surface area contributed by atoms with Crippen LogP contribution in [0.3, 0.4) is 0 Å². The number of rotatable bonds is 0. The molecule has 0 fully saturated rings. The molecule has 0 bridgehead atoms. The third kappa shape index (κ3) is 1.20. The van der Waals surface area contributed by atoms with Crippen molar-refractivity contribution >= 4 is 0 Å². The van der Waals surface area contributed by atoms with Gasteiger partial charge in [0, 0.05) is 6.04 Å². The highest BCUT2D eigenvalue weighted by molar-refractivity contribution is 5.22. The molecule has 1 atom stereocenters. The summed E-state index contributed by atoms with van der Waals surface area (Å²) in [5.41, 5.74) is 6.88. The molecule has 1 heteroatoms. The SMILES string of the molecule is CC1=C[C@H](N)CC=C1. The van der Waals surface area contributed by atoms with E-state index < -0.39 is 0 Å². The third-order valence-corrected chi connectivity index (χ3v) is 1.27. The van der Waals surface area contributed by atoms with Gasteiger partial charge in [-0.2, -0.15) is 0 Å². The zero-order chi connectivity index (χ0) is 5.98. The lowest BCUT2D eigenvalue weighted by molar-refractivity contribution is 0.817. The lowest BCUT2D eigenvalue weighted by Crippen LogP contribution is -2.17. The van der Waals surface area contributed by atoms with Crippen LogP contribution >= 0.6 is 0 Å². The molecule has 0 spiro atoms. The second-order valence-electron chi connectivity index (χ2n) is 2.21. The number of hydrogen-bond donors (Lipinski definition) is 1. The second-order valence-corrected chi connectivity index (χ2v) is 2.21. The van der Waals surface area contributed by atoms with E-state index in [2.05, 4.69) is 25.2 Å². The van der Waals surface area contributed by atoms with Crippen molar-refractivity contribution in [2.45, 2.75) is 19.4 Å². The maximum Gasteiger partial charge on any atom is 0.0264 e. The monoisotopic (exact) mass is 109 g/mol. The average molecular weight is 109 g/mol. The summed E-state index contributed by atoms with van der Waals surface area (Å²) in [6.45, 7) is 2.06. The highest BCUT2D eigenvalue weighted by Gasteiger charge is 1.98. The van der Waals surface area contributed by atoms with Gasteiger partial charge in [0.2, 0.25) is 0 Å². The fourth-order valence-corrected chi connectivity index (χ4v) is 0.872. The van der Waals surface area contributed by atoms with Crippen molar-refractivity contribution in [3.8, 4) is 0 Å². The molecule has 1 rings (SSSR count). The zero-order valence-electron chi connectivity index (χ0n) is 5.09. The van der Waals surface area contributed by atoms with Crippen LogP contribution in [-0.4, -0.2) is 6.04 Å². The topological polar surface area (TPSA) is 26.0 Å². The first-order chi connectivity index (χ1) is 3.79. The summed E-state index contributed by atoms with van der Waals surface area (Å²) in [7, 11) is 0. The summed E-state index contributed by atoms with van der Waals surface area (Å²) in [4.78, 5) is 0. The van der Waals surface area contributed by atoms with E-state index in [9.17, 15) is 0 Å². The third-order valence-electron chi connectivity index (χ3n) is 1.27. The van der Waals surface area contributed by atoms with E-state index in [1.807, 2.05) is 0 Å². The van der Waals surface area contributed by atoms with Crippen molar-refractivity contribution in [1.29, 1.82) is 0 Å². The lowest BCUT2D eigenvalue weighted by Gasteiger charge is -2.07. The predicted octanol–water partition coefficient (Wildman–Crippen LogP) is 1.22. The van der Waals surface area contributed by atoms with E-state index in [0.29, 0.717) is 0 Å². The van der Waals surface area contributed by atoms with Crippen LogP contribution in [0.5, 0.6) is 0 Å². The van der Waals surface area contributed by atoms with Crippen LogP contribution in [0, 0.1) is 0 Å². The zero-order valence-corrected chi connectivity index (χ0v) is 5.09. The summed E-state index contributed by atoms with van der Waals surface area (Å²) in [5.74, 6) is 0. The predicted molar refractivity (Wildman–Crippen MR) is 35.5 cm³/mol. The Bertz CT molecular complexity index is 133. The van der Waals surface area contributed by atoms with Crippen molar-refractivity contribution in [3.05, 3.63) is 23.8 Å². The van der Waals surface area contributed by atoms with E-state index in [4.69, 9.17) is 5.73 Å². The van der Waals surface area contributed by atoms with Crippen molar-refractivity contribution in [2.24, 2.45) is 5.73 Å². The molecule has 0 aliphatic heterocycles. The molecule has 0 aromatic heterocycles. The minimum Gasteiger partial charge on any atom is -0.324 e. The Hall–Kier alpha value is -0.560. The molecule has 0 aromatic carbocycles. The van der Waals surface area contributed by atoms with E-state index >= 15 is 0 Å². The summed E-state index contributed by atoms with van der Waals surface area (Å²) < 4.78 is 0. The molecule has 1 aliphatic rings. The summed E-state index contributed by atoms with van der Waals surface area (Å²) in [5, 5.41) is 0. The van der Waals surface area contributed by atoms with Gasteiger partial charge >= 0.3 is 0 Å². The van der Waals surface area contributed by atoms with Gasteiger partial charge in [-0.25, -0.2) is 0 Å². The molecule has 1 aliphatic carbocycles. The van der Waals surface area contributed by atoms with Gasteiger partial charge in [-0.1, -0.05) is 23.8 Å². The Labute approximate surface area is 49.9 Å². The molecule has 44 valence electrons. The smallest absolute Gasteiger partial charge is 0.0264 e. The largest absolute Gasteiger partial charge is 0.324 e. The molecule has 0 amide bonds. The maximum absolute atomic E-state index is 5.60. The molecule has 0 saturated heterocycles. The molecule has 8 heavy (non-hydrogen) atoms. The van der Waals surface area contributed by atoms with Gasteiger partial charge in [0.15, 0.2) is 0 Å². The first-order valence-electron chi connectivity index (χ1n) is 2.89. The van der Waals surface area contributed by atoms with Gasteiger partial charge in [-0.15, -0.1) is 0 Å². The minimum atomic E-state index is 0.264. The van der Waals surface area contributed by atoms with Crippen molar-refractivity contribution in [3.63, 3.8) is 0 Å². The van der Waals surface area contributed by atoms with Crippen LogP contribution in [0.25, 0.3) is 0 Å². The van der Waals surface area contributed by atoms with Crippen LogP contribution < -0.4 is 5.73 Å². The highest BCUT2D eigenvalue weighted by atomic mass is 14.6. The van der Waals surface area contributed by atoms with Crippen LogP contribution in [0.2, 0.25) is 0 Å². The summed E-state index contributed by atoms with van der Waals surface area (Å²) in [6, 6.07) is 0.264. The van der Waals surface area contributed by atoms with E-state index in [0.717, 1.165) is 6.42 Å². The Morgan fingerprint density at radius 2 is 2.50 bits per heavy atom. The molecule has 1 nitrogen and oxygen atoms in total. The normalized spacial score (nSPS) is 27.8. The first kappa shape index (κ1) is 5.57. The van der Waals surface area contributed by atoms with E-state index in [1.54, 1.807) is 0 Å². The van der Waals surface area contributed by atoms with Gasteiger partial charge < -0.3 is 5.73 Å². The van der Waals surface area contributed by atoms with Gasteiger partial charge in [-0.3, -0.25) is 0 Å². The van der Waals surface area contributed by atoms with E-state index in [-0.39, 0.29) is 6.04 Å². The van der Waals surface area contributed by atoms with Crippen molar-refractivity contribution in [1.82, 2.24) is 0 Å². The van der Waals surface area contributed by atoms with Crippen LogP contribution in [0.15, 0.2) is 23.8 Å². The first-order valence-corrected chi connectivity index (χ1v) is 2.89. The fraction of sp³-hybridized carbons (Fsp3) is 0.429. The number of nitrogens with two attached hydrogens (primary N) is 1.